The quantitative estimate of drug-likeness (QED) is 0.536. The van der Waals surface area contributed by atoms with Gasteiger partial charge in [-0.2, -0.15) is 8.42 Å². The SMILES string of the molecule is CCC(CC=C(C)C(=O)O)S(=O)(=O)O. The van der Waals surface area contributed by atoms with E-state index in [1.54, 1.807) is 6.92 Å². The second-order valence-electron chi connectivity index (χ2n) is 2.97. The smallest absolute Gasteiger partial charge is 0.330 e. The third-order valence-electron chi connectivity index (χ3n) is 1.90. The monoisotopic (exact) mass is 222 g/mol. The minimum atomic E-state index is -4.07. The van der Waals surface area contributed by atoms with Crippen LogP contribution >= 0.6 is 0 Å². The van der Waals surface area contributed by atoms with Crippen molar-refractivity contribution in [1.29, 1.82) is 0 Å². The molecule has 0 aliphatic carbocycles. The Morgan fingerprint density at radius 1 is 1.50 bits per heavy atom. The summed E-state index contributed by atoms with van der Waals surface area (Å²) in [6.45, 7) is 2.99. The fourth-order valence-corrected chi connectivity index (χ4v) is 1.66. The first-order valence-electron chi connectivity index (χ1n) is 4.15. The molecule has 82 valence electrons. The molecule has 2 N–H and O–H groups in total. The summed E-state index contributed by atoms with van der Waals surface area (Å²) in [7, 11) is -4.07. The van der Waals surface area contributed by atoms with Crippen molar-refractivity contribution in [1.82, 2.24) is 0 Å². The van der Waals surface area contributed by atoms with Crippen LogP contribution in [-0.2, 0) is 14.9 Å². The third-order valence-corrected chi connectivity index (χ3v) is 3.27. The van der Waals surface area contributed by atoms with Gasteiger partial charge in [-0.3, -0.25) is 4.55 Å². The van der Waals surface area contributed by atoms with Crippen LogP contribution in [0.3, 0.4) is 0 Å². The van der Waals surface area contributed by atoms with E-state index >= 15 is 0 Å². The van der Waals surface area contributed by atoms with Crippen LogP contribution in [0.2, 0.25) is 0 Å². The summed E-state index contributed by atoms with van der Waals surface area (Å²) in [6.07, 6.45) is 1.57. The van der Waals surface area contributed by atoms with E-state index in [4.69, 9.17) is 9.66 Å². The number of carboxylic acids is 1. The van der Waals surface area contributed by atoms with Crippen LogP contribution in [0.25, 0.3) is 0 Å². The predicted molar refractivity (Wildman–Crippen MR) is 51.6 cm³/mol. The normalized spacial score (nSPS) is 15.2. The lowest BCUT2D eigenvalue weighted by molar-refractivity contribution is -0.132. The summed E-state index contributed by atoms with van der Waals surface area (Å²) in [6, 6.07) is 0. The van der Waals surface area contributed by atoms with E-state index < -0.39 is 21.3 Å². The molecule has 0 aromatic rings. The Morgan fingerprint density at radius 3 is 2.29 bits per heavy atom. The van der Waals surface area contributed by atoms with Crippen LogP contribution in [0.1, 0.15) is 26.7 Å². The van der Waals surface area contributed by atoms with E-state index in [9.17, 15) is 13.2 Å². The largest absolute Gasteiger partial charge is 0.478 e. The van der Waals surface area contributed by atoms with Crippen molar-refractivity contribution < 1.29 is 22.9 Å². The maximum atomic E-state index is 10.7. The number of carboxylic acid groups (broad SMARTS) is 1. The van der Waals surface area contributed by atoms with E-state index in [2.05, 4.69) is 0 Å². The fourth-order valence-electron chi connectivity index (χ4n) is 0.894. The van der Waals surface area contributed by atoms with Crippen LogP contribution in [0.5, 0.6) is 0 Å². The molecule has 0 spiro atoms. The minimum Gasteiger partial charge on any atom is -0.478 e. The first-order chi connectivity index (χ1) is 6.29. The lowest BCUT2D eigenvalue weighted by Crippen LogP contribution is -2.18. The second-order valence-corrected chi connectivity index (χ2v) is 4.67. The molecule has 0 radical (unpaired) electrons. The van der Waals surface area contributed by atoms with E-state index in [1.165, 1.54) is 13.0 Å². The van der Waals surface area contributed by atoms with Gasteiger partial charge in [0.2, 0.25) is 0 Å². The number of hydrogen-bond donors (Lipinski definition) is 2. The molecule has 0 aliphatic rings. The summed E-state index contributed by atoms with van der Waals surface area (Å²) in [5.41, 5.74) is 0.0760. The number of carbonyl (C=O) groups is 1. The Hall–Kier alpha value is -0.880. The second kappa shape index (κ2) is 5.11. The highest BCUT2D eigenvalue weighted by atomic mass is 32.2. The van der Waals surface area contributed by atoms with Gasteiger partial charge >= 0.3 is 5.97 Å². The molecule has 0 amide bonds. The molecule has 1 unspecified atom stereocenters. The van der Waals surface area contributed by atoms with Crippen LogP contribution in [0.15, 0.2) is 11.6 Å². The minimum absolute atomic E-state index is 0.0213. The Morgan fingerprint density at radius 2 is 2.00 bits per heavy atom. The van der Waals surface area contributed by atoms with Crippen LogP contribution in [-0.4, -0.2) is 29.3 Å². The Labute approximate surface area is 83.2 Å². The highest BCUT2D eigenvalue weighted by Gasteiger charge is 2.19. The molecule has 1 atom stereocenters. The zero-order valence-corrected chi connectivity index (χ0v) is 8.91. The first-order valence-corrected chi connectivity index (χ1v) is 5.65. The molecule has 0 bridgehead atoms. The molecule has 14 heavy (non-hydrogen) atoms. The van der Waals surface area contributed by atoms with Gasteiger partial charge in [-0.25, -0.2) is 4.79 Å². The van der Waals surface area contributed by atoms with Crippen molar-refractivity contribution >= 4 is 16.1 Å². The van der Waals surface area contributed by atoms with Gasteiger partial charge in [0, 0.05) is 5.57 Å². The summed E-state index contributed by atoms with van der Waals surface area (Å²) >= 11 is 0. The lowest BCUT2D eigenvalue weighted by atomic mass is 10.2. The topological polar surface area (TPSA) is 91.7 Å². The first kappa shape index (κ1) is 13.1. The molecule has 0 saturated heterocycles. The standard InChI is InChI=1S/C8H14O5S/c1-3-7(14(11,12)13)5-4-6(2)8(9)10/h4,7H,3,5H2,1-2H3,(H,9,10)(H,11,12,13). The van der Waals surface area contributed by atoms with E-state index in [-0.39, 0.29) is 18.4 Å². The summed E-state index contributed by atoms with van der Waals surface area (Å²) in [4.78, 5) is 10.4. The van der Waals surface area contributed by atoms with Gasteiger partial charge in [0.15, 0.2) is 0 Å². The molecule has 0 aliphatic heterocycles. The van der Waals surface area contributed by atoms with Gasteiger partial charge in [0.1, 0.15) is 0 Å². The number of aliphatic carboxylic acids is 1. The van der Waals surface area contributed by atoms with Crippen molar-refractivity contribution in [3.63, 3.8) is 0 Å². The van der Waals surface area contributed by atoms with Crippen molar-refractivity contribution in [3.8, 4) is 0 Å². The van der Waals surface area contributed by atoms with Gasteiger partial charge in [-0.15, -0.1) is 0 Å². The van der Waals surface area contributed by atoms with Crippen LogP contribution in [0.4, 0.5) is 0 Å². The number of rotatable bonds is 5. The maximum Gasteiger partial charge on any atom is 0.330 e. The average Bonchev–Trinajstić information content (AvgIpc) is 2.02. The number of hydrogen-bond acceptors (Lipinski definition) is 3. The molecule has 0 rings (SSSR count). The Bertz CT molecular complexity index is 328. The molecule has 0 aromatic heterocycles. The molecule has 0 fully saturated rings. The molecule has 5 nitrogen and oxygen atoms in total. The molecule has 0 saturated carbocycles. The van der Waals surface area contributed by atoms with E-state index in [0.717, 1.165) is 0 Å². The zero-order chi connectivity index (χ0) is 11.4. The average molecular weight is 222 g/mol. The highest BCUT2D eigenvalue weighted by Crippen LogP contribution is 2.10. The predicted octanol–water partition coefficient (Wildman–Crippen LogP) is 1.07. The van der Waals surface area contributed by atoms with Gasteiger partial charge in [0.25, 0.3) is 10.1 Å². The Balaban J connectivity index is 4.52. The summed E-state index contributed by atoms with van der Waals surface area (Å²) in [5.74, 6) is -1.09. The summed E-state index contributed by atoms with van der Waals surface area (Å²) in [5, 5.41) is 7.57. The molecular weight excluding hydrogens is 208 g/mol. The van der Waals surface area contributed by atoms with Crippen LogP contribution in [0, 0.1) is 0 Å². The summed E-state index contributed by atoms with van der Waals surface area (Å²) < 4.78 is 30.2. The number of allylic oxidation sites excluding steroid dienone is 1. The fraction of sp³-hybridized carbons (Fsp3) is 0.625. The van der Waals surface area contributed by atoms with Gasteiger partial charge in [-0.1, -0.05) is 13.0 Å². The lowest BCUT2D eigenvalue weighted by Gasteiger charge is -2.08. The van der Waals surface area contributed by atoms with E-state index in [1.807, 2.05) is 0 Å². The molecule has 0 heterocycles. The van der Waals surface area contributed by atoms with Crippen molar-refractivity contribution in [3.05, 3.63) is 11.6 Å². The van der Waals surface area contributed by atoms with E-state index in [0.29, 0.717) is 0 Å². The van der Waals surface area contributed by atoms with Crippen molar-refractivity contribution in [2.75, 3.05) is 0 Å². The van der Waals surface area contributed by atoms with Crippen molar-refractivity contribution in [2.45, 2.75) is 31.9 Å². The maximum absolute atomic E-state index is 10.7. The highest BCUT2D eigenvalue weighted by molar-refractivity contribution is 7.86. The van der Waals surface area contributed by atoms with Gasteiger partial charge in [-0.05, 0) is 19.8 Å². The third kappa shape index (κ3) is 4.38. The van der Waals surface area contributed by atoms with Crippen LogP contribution < -0.4 is 0 Å². The van der Waals surface area contributed by atoms with Gasteiger partial charge < -0.3 is 5.11 Å². The molecule has 0 aromatic carbocycles. The van der Waals surface area contributed by atoms with Crippen molar-refractivity contribution in [2.24, 2.45) is 0 Å². The molecular formula is C8H14O5S. The van der Waals surface area contributed by atoms with Gasteiger partial charge in [0.05, 0.1) is 5.25 Å². The Kier molecular flexibility index (Phi) is 4.79. The molecule has 6 heteroatoms. The zero-order valence-electron chi connectivity index (χ0n) is 8.10.